The van der Waals surface area contributed by atoms with Crippen molar-refractivity contribution >= 4 is 33.0 Å². The van der Waals surface area contributed by atoms with Crippen molar-refractivity contribution in [3.8, 4) is 0 Å². The number of para-hydroxylation sites is 2. The van der Waals surface area contributed by atoms with Gasteiger partial charge in [-0.25, -0.2) is 13.4 Å². The molecule has 0 saturated carbocycles. The maximum atomic E-state index is 13.0. The number of oxazole rings is 1. The first-order valence-corrected chi connectivity index (χ1v) is 12.5. The van der Waals surface area contributed by atoms with Gasteiger partial charge in [-0.2, -0.15) is 4.31 Å². The fourth-order valence-electron chi connectivity index (χ4n) is 3.87. The van der Waals surface area contributed by atoms with Crippen molar-refractivity contribution in [2.24, 2.45) is 0 Å². The number of esters is 1. The van der Waals surface area contributed by atoms with Crippen molar-refractivity contribution in [3.63, 3.8) is 0 Å². The molecule has 0 spiro atoms. The Bertz CT molecular complexity index is 1280. The number of ether oxygens (including phenoxy) is 1. The van der Waals surface area contributed by atoms with Crippen molar-refractivity contribution in [2.45, 2.75) is 38.2 Å². The molecule has 9 nitrogen and oxygen atoms in total. The second kappa shape index (κ2) is 9.94. The SMILES string of the molecule is Cc1ccc(C)c(S(=O)(=O)N2CCN(C(=O)CCC(=O)OCc3nc4ccccc4o3)CC2)c1. The van der Waals surface area contributed by atoms with Crippen LogP contribution in [0.15, 0.2) is 51.8 Å². The number of benzene rings is 2. The summed E-state index contributed by atoms with van der Waals surface area (Å²) in [6, 6.07) is 12.6. The lowest BCUT2D eigenvalue weighted by atomic mass is 10.2. The van der Waals surface area contributed by atoms with E-state index in [9.17, 15) is 18.0 Å². The molecule has 1 saturated heterocycles. The van der Waals surface area contributed by atoms with Crippen LogP contribution < -0.4 is 0 Å². The molecule has 1 aliphatic heterocycles. The molecule has 3 aromatic rings. The Kier molecular flexibility index (Phi) is 6.99. The van der Waals surface area contributed by atoms with Gasteiger partial charge in [0, 0.05) is 32.6 Å². The van der Waals surface area contributed by atoms with Crippen molar-refractivity contribution in [2.75, 3.05) is 26.2 Å². The number of hydrogen-bond donors (Lipinski definition) is 0. The Morgan fingerprint density at radius 1 is 1.03 bits per heavy atom. The maximum absolute atomic E-state index is 13.0. The van der Waals surface area contributed by atoms with E-state index >= 15 is 0 Å². The van der Waals surface area contributed by atoms with Crippen LogP contribution in [0.4, 0.5) is 0 Å². The standard InChI is InChI=1S/C24H27N3O6S/c1-17-7-8-18(2)21(15-17)34(30,31)27-13-11-26(12-14-27)23(28)9-10-24(29)32-16-22-25-19-5-3-4-6-20(19)33-22/h3-8,15H,9-14,16H2,1-2H3. The number of rotatable bonds is 7. The highest BCUT2D eigenvalue weighted by atomic mass is 32.2. The van der Waals surface area contributed by atoms with E-state index in [0.717, 1.165) is 5.56 Å². The molecule has 1 amide bonds. The van der Waals surface area contributed by atoms with E-state index < -0.39 is 16.0 Å². The lowest BCUT2D eigenvalue weighted by Crippen LogP contribution is -2.50. The molecule has 1 aliphatic rings. The van der Waals surface area contributed by atoms with Crippen LogP contribution in [0.2, 0.25) is 0 Å². The molecule has 0 unspecified atom stereocenters. The van der Waals surface area contributed by atoms with Gasteiger partial charge < -0.3 is 14.1 Å². The van der Waals surface area contributed by atoms with Crippen molar-refractivity contribution in [3.05, 3.63) is 59.5 Å². The maximum Gasteiger partial charge on any atom is 0.306 e. The topological polar surface area (TPSA) is 110 Å². The molecule has 180 valence electrons. The predicted molar refractivity (Wildman–Crippen MR) is 124 cm³/mol. The minimum Gasteiger partial charge on any atom is -0.456 e. The molecule has 1 fully saturated rings. The van der Waals surface area contributed by atoms with Gasteiger partial charge in [0.1, 0.15) is 5.52 Å². The summed E-state index contributed by atoms with van der Waals surface area (Å²) in [4.78, 5) is 30.7. The molecule has 0 N–H and O–H groups in total. The first-order valence-electron chi connectivity index (χ1n) is 11.1. The van der Waals surface area contributed by atoms with Gasteiger partial charge in [-0.1, -0.05) is 24.3 Å². The Labute approximate surface area is 198 Å². The molecule has 2 heterocycles. The molecule has 0 aliphatic carbocycles. The summed E-state index contributed by atoms with van der Waals surface area (Å²) in [5, 5.41) is 0. The summed E-state index contributed by atoms with van der Waals surface area (Å²) < 4.78 is 38.2. The zero-order valence-corrected chi connectivity index (χ0v) is 20.0. The van der Waals surface area contributed by atoms with Crippen LogP contribution in [0.25, 0.3) is 11.1 Å². The quantitative estimate of drug-likeness (QED) is 0.473. The average molecular weight is 486 g/mol. The normalized spacial score (nSPS) is 14.9. The van der Waals surface area contributed by atoms with Gasteiger partial charge in [-0.05, 0) is 43.2 Å². The zero-order valence-electron chi connectivity index (χ0n) is 19.2. The molecule has 0 bridgehead atoms. The number of carbonyl (C=O) groups is 2. The van der Waals surface area contributed by atoms with E-state index in [-0.39, 0.29) is 51.5 Å². The van der Waals surface area contributed by atoms with Crippen LogP contribution in [-0.4, -0.2) is 60.7 Å². The van der Waals surface area contributed by atoms with E-state index in [2.05, 4.69) is 4.98 Å². The Morgan fingerprint density at radius 2 is 1.76 bits per heavy atom. The van der Waals surface area contributed by atoms with Gasteiger partial charge >= 0.3 is 5.97 Å². The highest BCUT2D eigenvalue weighted by Gasteiger charge is 2.31. The zero-order chi connectivity index (χ0) is 24.3. The average Bonchev–Trinajstić information content (AvgIpc) is 3.26. The van der Waals surface area contributed by atoms with Gasteiger partial charge in [-0.3, -0.25) is 9.59 Å². The van der Waals surface area contributed by atoms with Crippen LogP contribution in [0.5, 0.6) is 0 Å². The van der Waals surface area contributed by atoms with Crippen LogP contribution >= 0.6 is 0 Å². The third kappa shape index (κ3) is 5.28. The molecule has 34 heavy (non-hydrogen) atoms. The number of hydrogen-bond acceptors (Lipinski definition) is 7. The summed E-state index contributed by atoms with van der Waals surface area (Å²) in [5.41, 5.74) is 2.87. The molecule has 4 rings (SSSR count). The molecular formula is C24H27N3O6S. The lowest BCUT2D eigenvalue weighted by molar-refractivity contribution is -0.148. The van der Waals surface area contributed by atoms with Crippen LogP contribution in [-0.2, 0) is 31.0 Å². The van der Waals surface area contributed by atoms with Crippen molar-refractivity contribution in [1.29, 1.82) is 0 Å². The van der Waals surface area contributed by atoms with Gasteiger partial charge in [0.15, 0.2) is 12.2 Å². The van der Waals surface area contributed by atoms with Crippen LogP contribution in [0, 0.1) is 13.8 Å². The number of piperazine rings is 1. The van der Waals surface area contributed by atoms with Gasteiger partial charge in [0.2, 0.25) is 21.8 Å². The van der Waals surface area contributed by atoms with E-state index in [4.69, 9.17) is 9.15 Å². The smallest absolute Gasteiger partial charge is 0.306 e. The van der Waals surface area contributed by atoms with Crippen LogP contribution in [0.3, 0.4) is 0 Å². The highest BCUT2D eigenvalue weighted by Crippen LogP contribution is 2.23. The number of amides is 1. The van der Waals surface area contributed by atoms with Gasteiger partial charge in [0.05, 0.1) is 11.3 Å². The monoisotopic (exact) mass is 485 g/mol. The molecule has 1 aromatic heterocycles. The highest BCUT2D eigenvalue weighted by molar-refractivity contribution is 7.89. The molecule has 10 heteroatoms. The first-order chi connectivity index (χ1) is 16.2. The largest absolute Gasteiger partial charge is 0.456 e. The predicted octanol–water partition coefficient (Wildman–Crippen LogP) is 2.80. The summed E-state index contributed by atoms with van der Waals surface area (Å²) in [6.07, 6.45) is -0.0732. The fourth-order valence-corrected chi connectivity index (χ4v) is 5.60. The van der Waals surface area contributed by atoms with E-state index in [1.807, 2.05) is 25.1 Å². The minimum absolute atomic E-state index is 0.00384. The first kappa shape index (κ1) is 23.9. The van der Waals surface area contributed by atoms with E-state index in [1.54, 1.807) is 36.1 Å². The summed E-state index contributed by atoms with van der Waals surface area (Å²) in [6.45, 7) is 4.51. The summed E-state index contributed by atoms with van der Waals surface area (Å²) in [5.74, 6) is -0.434. The molecule has 2 aromatic carbocycles. The van der Waals surface area contributed by atoms with E-state index in [0.29, 0.717) is 27.4 Å². The third-order valence-electron chi connectivity index (χ3n) is 5.79. The van der Waals surface area contributed by atoms with Crippen LogP contribution in [0.1, 0.15) is 29.9 Å². The lowest BCUT2D eigenvalue weighted by Gasteiger charge is -2.34. The number of fused-ring (bicyclic) bond motifs is 1. The molecule has 0 atom stereocenters. The fraction of sp³-hybridized carbons (Fsp3) is 0.375. The number of aryl methyl sites for hydroxylation is 2. The third-order valence-corrected chi connectivity index (χ3v) is 7.83. The molecule has 0 radical (unpaired) electrons. The second-order valence-electron chi connectivity index (χ2n) is 8.29. The Hall–Kier alpha value is -3.24. The van der Waals surface area contributed by atoms with E-state index in [1.165, 1.54) is 4.31 Å². The minimum atomic E-state index is -3.63. The number of sulfonamides is 1. The number of carbonyl (C=O) groups excluding carboxylic acids is 2. The van der Waals surface area contributed by atoms with Gasteiger partial charge in [-0.15, -0.1) is 0 Å². The van der Waals surface area contributed by atoms with Crippen molar-refractivity contribution < 1.29 is 27.2 Å². The number of nitrogens with zero attached hydrogens (tertiary/aromatic N) is 3. The van der Waals surface area contributed by atoms with Crippen molar-refractivity contribution in [1.82, 2.24) is 14.2 Å². The summed E-state index contributed by atoms with van der Waals surface area (Å²) in [7, 11) is -3.63. The van der Waals surface area contributed by atoms with Gasteiger partial charge in [0.25, 0.3) is 0 Å². The molecular weight excluding hydrogens is 458 g/mol. The second-order valence-corrected chi connectivity index (χ2v) is 10.2. The summed E-state index contributed by atoms with van der Waals surface area (Å²) >= 11 is 0. The Morgan fingerprint density at radius 3 is 2.50 bits per heavy atom. The number of aromatic nitrogens is 1. The Balaban J connectivity index is 1.24.